The lowest BCUT2D eigenvalue weighted by atomic mass is 9.90. The second-order valence-corrected chi connectivity index (χ2v) is 5.07. The molecule has 1 aliphatic carbocycles. The van der Waals surface area contributed by atoms with Crippen LogP contribution in [-0.4, -0.2) is 12.1 Å². The molecule has 2 rings (SSSR count). The van der Waals surface area contributed by atoms with Gasteiger partial charge in [0, 0.05) is 12.1 Å². The van der Waals surface area contributed by atoms with Gasteiger partial charge in [-0.25, -0.2) is 0 Å². The summed E-state index contributed by atoms with van der Waals surface area (Å²) < 4.78 is 38.2. The van der Waals surface area contributed by atoms with Gasteiger partial charge in [0.25, 0.3) is 0 Å². The molecule has 0 radical (unpaired) electrons. The Bertz CT molecular complexity index is 519. The number of hydrogen-bond acceptors (Lipinski definition) is 3. The van der Waals surface area contributed by atoms with Crippen LogP contribution in [0.5, 0.6) is 0 Å². The summed E-state index contributed by atoms with van der Waals surface area (Å²) in [5.74, 6) is 0. The molecule has 0 saturated heterocycles. The monoisotopic (exact) mass is 283 g/mol. The van der Waals surface area contributed by atoms with Crippen molar-refractivity contribution in [3.63, 3.8) is 0 Å². The summed E-state index contributed by atoms with van der Waals surface area (Å²) in [6, 6.07) is 4.83. The summed E-state index contributed by atoms with van der Waals surface area (Å²) >= 11 is 0. The number of nitrogens with one attached hydrogen (secondary N) is 1. The predicted octanol–water partition coefficient (Wildman–Crippen LogP) is 3.26. The lowest BCUT2D eigenvalue weighted by Gasteiger charge is -2.30. The molecule has 1 aliphatic rings. The van der Waals surface area contributed by atoms with E-state index < -0.39 is 11.7 Å². The van der Waals surface area contributed by atoms with E-state index in [1.165, 1.54) is 6.07 Å². The zero-order valence-corrected chi connectivity index (χ0v) is 10.9. The molecule has 0 bridgehead atoms. The minimum atomic E-state index is -4.42. The van der Waals surface area contributed by atoms with Gasteiger partial charge in [-0.1, -0.05) is 12.8 Å². The molecule has 1 saturated carbocycles. The van der Waals surface area contributed by atoms with Crippen molar-refractivity contribution in [2.24, 2.45) is 5.73 Å². The van der Waals surface area contributed by atoms with Crippen molar-refractivity contribution in [2.75, 3.05) is 5.32 Å². The zero-order valence-electron chi connectivity index (χ0n) is 10.9. The molecule has 3 nitrogen and oxygen atoms in total. The van der Waals surface area contributed by atoms with E-state index in [9.17, 15) is 13.2 Å². The zero-order chi connectivity index (χ0) is 14.8. The largest absolute Gasteiger partial charge is 0.416 e. The van der Waals surface area contributed by atoms with Crippen LogP contribution in [0.4, 0.5) is 18.9 Å². The fourth-order valence-electron chi connectivity index (χ4n) is 2.48. The molecule has 108 valence electrons. The Hall–Kier alpha value is -1.74. The molecule has 20 heavy (non-hydrogen) atoms. The molecule has 0 spiro atoms. The molecule has 2 atom stereocenters. The second-order valence-electron chi connectivity index (χ2n) is 5.07. The molecule has 0 unspecified atom stereocenters. The molecule has 0 aliphatic heterocycles. The van der Waals surface area contributed by atoms with Crippen LogP contribution in [0.25, 0.3) is 0 Å². The third-order valence-corrected chi connectivity index (χ3v) is 3.63. The van der Waals surface area contributed by atoms with E-state index in [1.807, 2.05) is 6.07 Å². The molecule has 1 aromatic rings. The van der Waals surface area contributed by atoms with Crippen molar-refractivity contribution in [1.82, 2.24) is 0 Å². The molecule has 3 N–H and O–H groups in total. The third-order valence-electron chi connectivity index (χ3n) is 3.63. The van der Waals surface area contributed by atoms with Crippen molar-refractivity contribution in [2.45, 2.75) is 43.9 Å². The van der Waals surface area contributed by atoms with E-state index in [1.54, 1.807) is 0 Å². The third kappa shape index (κ3) is 3.23. The van der Waals surface area contributed by atoms with Crippen LogP contribution in [0.3, 0.4) is 0 Å². The van der Waals surface area contributed by atoms with Gasteiger partial charge in [0.2, 0.25) is 0 Å². The number of nitrogens with zero attached hydrogens (tertiary/aromatic N) is 1. The highest BCUT2D eigenvalue weighted by molar-refractivity contribution is 5.60. The van der Waals surface area contributed by atoms with Gasteiger partial charge >= 0.3 is 6.18 Å². The fourth-order valence-corrected chi connectivity index (χ4v) is 2.48. The Morgan fingerprint density at radius 2 is 1.95 bits per heavy atom. The Balaban J connectivity index is 2.27. The van der Waals surface area contributed by atoms with Crippen LogP contribution in [-0.2, 0) is 6.18 Å². The molecule has 1 fully saturated rings. The maximum absolute atomic E-state index is 12.7. The Morgan fingerprint density at radius 3 is 2.55 bits per heavy atom. The molecule has 0 amide bonds. The number of nitrogens with two attached hydrogens (primary N) is 1. The van der Waals surface area contributed by atoms with Gasteiger partial charge in [0.15, 0.2) is 0 Å². The summed E-state index contributed by atoms with van der Waals surface area (Å²) in [6.07, 6.45) is -0.737. The van der Waals surface area contributed by atoms with Crippen LogP contribution < -0.4 is 11.1 Å². The van der Waals surface area contributed by atoms with Crippen molar-refractivity contribution in [3.05, 3.63) is 29.3 Å². The highest BCUT2D eigenvalue weighted by atomic mass is 19.4. The van der Waals surface area contributed by atoms with Gasteiger partial charge in [-0.15, -0.1) is 0 Å². The van der Waals surface area contributed by atoms with Crippen LogP contribution >= 0.6 is 0 Å². The van der Waals surface area contributed by atoms with Crippen molar-refractivity contribution in [1.29, 1.82) is 5.26 Å². The van der Waals surface area contributed by atoms with Gasteiger partial charge in [-0.3, -0.25) is 0 Å². The minimum Gasteiger partial charge on any atom is -0.380 e. The summed E-state index contributed by atoms with van der Waals surface area (Å²) in [5, 5.41) is 12.0. The van der Waals surface area contributed by atoms with Crippen molar-refractivity contribution >= 4 is 5.69 Å². The highest BCUT2D eigenvalue weighted by Crippen LogP contribution is 2.33. The summed E-state index contributed by atoms with van der Waals surface area (Å²) in [6.45, 7) is 0. The van der Waals surface area contributed by atoms with Crippen LogP contribution in [0.2, 0.25) is 0 Å². The first-order valence-corrected chi connectivity index (χ1v) is 6.55. The van der Waals surface area contributed by atoms with Crippen molar-refractivity contribution < 1.29 is 13.2 Å². The quantitative estimate of drug-likeness (QED) is 0.875. The number of nitriles is 1. The Labute approximate surface area is 115 Å². The SMILES string of the molecule is N#Cc1ccc(C(F)(F)F)cc1N[C@@H]1CCCC[C@H]1N. The Kier molecular flexibility index (Phi) is 4.19. The maximum atomic E-state index is 12.7. The number of alkyl halides is 3. The number of benzene rings is 1. The standard InChI is InChI=1S/C14H16F3N3/c15-14(16,17)10-6-5-9(8-18)13(7-10)20-12-4-2-1-3-11(12)19/h5-7,11-12,20H,1-4,19H2/t11-,12-/m1/s1. The topological polar surface area (TPSA) is 61.8 Å². The average Bonchev–Trinajstić information content (AvgIpc) is 2.40. The molecule has 0 heterocycles. The lowest BCUT2D eigenvalue weighted by molar-refractivity contribution is -0.137. The summed E-state index contributed by atoms with van der Waals surface area (Å²) in [7, 11) is 0. The van der Waals surface area contributed by atoms with Gasteiger partial charge in [-0.05, 0) is 31.0 Å². The van der Waals surface area contributed by atoms with E-state index in [0.717, 1.165) is 37.8 Å². The normalized spacial score (nSPS) is 23.1. The van der Waals surface area contributed by atoms with E-state index >= 15 is 0 Å². The molecular weight excluding hydrogens is 267 g/mol. The van der Waals surface area contributed by atoms with Crippen LogP contribution in [0.1, 0.15) is 36.8 Å². The summed E-state index contributed by atoms with van der Waals surface area (Å²) in [4.78, 5) is 0. The molecule has 1 aromatic carbocycles. The molecule has 6 heteroatoms. The van der Waals surface area contributed by atoms with Gasteiger partial charge in [0.05, 0.1) is 16.8 Å². The number of halogens is 3. The minimum absolute atomic E-state index is 0.0840. The first-order valence-electron chi connectivity index (χ1n) is 6.55. The Morgan fingerprint density at radius 1 is 1.25 bits per heavy atom. The lowest BCUT2D eigenvalue weighted by Crippen LogP contribution is -2.42. The summed E-state index contributed by atoms with van der Waals surface area (Å²) in [5.41, 5.74) is 5.63. The number of hydrogen-bond donors (Lipinski definition) is 2. The van der Waals surface area contributed by atoms with E-state index in [0.29, 0.717) is 0 Å². The smallest absolute Gasteiger partial charge is 0.380 e. The maximum Gasteiger partial charge on any atom is 0.416 e. The number of rotatable bonds is 2. The van der Waals surface area contributed by atoms with E-state index in [-0.39, 0.29) is 23.3 Å². The first-order chi connectivity index (χ1) is 9.41. The van der Waals surface area contributed by atoms with Crippen LogP contribution in [0.15, 0.2) is 18.2 Å². The van der Waals surface area contributed by atoms with E-state index in [4.69, 9.17) is 11.0 Å². The van der Waals surface area contributed by atoms with Crippen molar-refractivity contribution in [3.8, 4) is 6.07 Å². The van der Waals surface area contributed by atoms with Gasteiger partial charge < -0.3 is 11.1 Å². The van der Waals surface area contributed by atoms with Gasteiger partial charge in [0.1, 0.15) is 6.07 Å². The molecule has 0 aromatic heterocycles. The average molecular weight is 283 g/mol. The fraction of sp³-hybridized carbons (Fsp3) is 0.500. The number of anilines is 1. The molecular formula is C14H16F3N3. The van der Waals surface area contributed by atoms with Crippen LogP contribution in [0, 0.1) is 11.3 Å². The van der Waals surface area contributed by atoms with Gasteiger partial charge in [-0.2, -0.15) is 18.4 Å². The second kappa shape index (κ2) is 5.71. The van der Waals surface area contributed by atoms with E-state index in [2.05, 4.69) is 5.32 Å². The first kappa shape index (κ1) is 14.7. The predicted molar refractivity (Wildman–Crippen MR) is 70.0 cm³/mol. The highest BCUT2D eigenvalue weighted by Gasteiger charge is 2.31.